The standard InChI is InChI=1S/C16H14ClF3N4O3/c17-11-6-10-8(7-22-11)2-3-9-12(10)23-24(5-1-4-21)13(9)14(25)27-15(26)16(18,19)20/h6-7H,1-5,21H2. The molecule has 1 aliphatic carbocycles. The highest BCUT2D eigenvalue weighted by Gasteiger charge is 2.43. The van der Waals surface area contributed by atoms with E-state index in [2.05, 4.69) is 14.8 Å². The predicted molar refractivity (Wildman–Crippen MR) is 88.0 cm³/mol. The van der Waals surface area contributed by atoms with Crippen LogP contribution in [0.3, 0.4) is 0 Å². The van der Waals surface area contributed by atoms with Crippen molar-refractivity contribution in [2.45, 2.75) is 32.0 Å². The molecule has 0 bridgehead atoms. The third-order valence-electron chi connectivity index (χ3n) is 4.09. The molecule has 11 heteroatoms. The lowest BCUT2D eigenvalue weighted by molar-refractivity contribution is -0.193. The Morgan fingerprint density at radius 3 is 2.74 bits per heavy atom. The zero-order valence-electron chi connectivity index (χ0n) is 13.8. The Bertz CT molecular complexity index is 911. The van der Waals surface area contributed by atoms with Crippen LogP contribution in [-0.2, 0) is 28.9 Å². The molecule has 0 fully saturated rings. The highest BCUT2D eigenvalue weighted by Crippen LogP contribution is 2.36. The van der Waals surface area contributed by atoms with Crippen LogP contribution in [0.4, 0.5) is 13.2 Å². The van der Waals surface area contributed by atoms with E-state index in [4.69, 9.17) is 17.3 Å². The molecule has 0 saturated heterocycles. The second-order valence-corrected chi connectivity index (χ2v) is 6.27. The fraction of sp³-hybridized carbons (Fsp3) is 0.375. The summed E-state index contributed by atoms with van der Waals surface area (Å²) in [6.07, 6.45) is -2.44. The molecular formula is C16H14ClF3N4O3. The van der Waals surface area contributed by atoms with Crippen LogP contribution >= 0.6 is 11.6 Å². The van der Waals surface area contributed by atoms with Crippen molar-refractivity contribution < 1.29 is 27.5 Å². The largest absolute Gasteiger partial charge is 0.491 e. The molecule has 3 rings (SSSR count). The summed E-state index contributed by atoms with van der Waals surface area (Å²) in [5.41, 5.74) is 7.59. The van der Waals surface area contributed by atoms with Gasteiger partial charge in [-0.3, -0.25) is 4.68 Å². The van der Waals surface area contributed by atoms with E-state index in [1.807, 2.05) is 0 Å². The Balaban J connectivity index is 2.06. The SMILES string of the molecule is NCCCn1nc2c(c1C(=O)OC(=O)C(F)(F)F)CCc1cnc(Cl)cc1-2. The normalized spacial score (nSPS) is 13.1. The Morgan fingerprint density at radius 1 is 1.33 bits per heavy atom. The van der Waals surface area contributed by atoms with E-state index in [1.54, 1.807) is 12.3 Å². The minimum Gasteiger partial charge on any atom is -0.381 e. The number of pyridine rings is 1. The summed E-state index contributed by atoms with van der Waals surface area (Å²) >= 11 is 5.93. The van der Waals surface area contributed by atoms with E-state index in [1.165, 1.54) is 4.68 Å². The fourth-order valence-electron chi connectivity index (χ4n) is 2.91. The van der Waals surface area contributed by atoms with E-state index in [0.29, 0.717) is 36.1 Å². The number of esters is 2. The quantitative estimate of drug-likeness (QED) is 0.478. The molecule has 2 heterocycles. The zero-order chi connectivity index (χ0) is 19.8. The summed E-state index contributed by atoms with van der Waals surface area (Å²) in [6, 6.07) is 1.57. The van der Waals surface area contributed by atoms with Crippen LogP contribution < -0.4 is 5.73 Å². The Kier molecular flexibility index (Phi) is 5.20. The molecule has 0 unspecified atom stereocenters. The number of ether oxygens (including phenoxy) is 1. The number of halogens is 4. The Labute approximate surface area is 156 Å². The number of fused-ring (bicyclic) bond motifs is 3. The fourth-order valence-corrected chi connectivity index (χ4v) is 3.07. The van der Waals surface area contributed by atoms with Gasteiger partial charge < -0.3 is 10.5 Å². The Hall–Kier alpha value is -2.46. The van der Waals surface area contributed by atoms with Gasteiger partial charge in [-0.2, -0.15) is 18.3 Å². The summed E-state index contributed by atoms with van der Waals surface area (Å²) < 4.78 is 42.6. The minimum atomic E-state index is -5.27. The number of carbonyl (C=O) groups excluding carboxylic acids is 2. The summed E-state index contributed by atoms with van der Waals surface area (Å²) in [4.78, 5) is 27.4. The first-order valence-corrected chi connectivity index (χ1v) is 8.38. The molecule has 0 spiro atoms. The van der Waals surface area contributed by atoms with E-state index in [-0.39, 0.29) is 23.9 Å². The van der Waals surface area contributed by atoms with Gasteiger partial charge in [-0.15, -0.1) is 0 Å². The number of nitrogens with zero attached hydrogens (tertiary/aromatic N) is 3. The van der Waals surface area contributed by atoms with Gasteiger partial charge in [0.05, 0.1) is 5.69 Å². The molecule has 0 saturated carbocycles. The molecule has 0 aromatic carbocycles. The van der Waals surface area contributed by atoms with Crippen LogP contribution in [0.25, 0.3) is 11.3 Å². The van der Waals surface area contributed by atoms with Crippen molar-refractivity contribution >= 4 is 23.5 Å². The highest BCUT2D eigenvalue weighted by atomic mass is 35.5. The van der Waals surface area contributed by atoms with Crippen LogP contribution in [0.1, 0.15) is 28.0 Å². The first kappa shape index (κ1) is 19.3. The first-order chi connectivity index (χ1) is 12.7. The van der Waals surface area contributed by atoms with E-state index < -0.39 is 18.1 Å². The molecule has 2 aromatic heterocycles. The number of hydrogen-bond donors (Lipinski definition) is 1. The van der Waals surface area contributed by atoms with Gasteiger partial charge >= 0.3 is 18.1 Å². The summed E-state index contributed by atoms with van der Waals surface area (Å²) in [7, 11) is 0. The maximum atomic E-state index is 12.4. The van der Waals surface area contributed by atoms with Gasteiger partial charge in [0.15, 0.2) is 5.69 Å². The van der Waals surface area contributed by atoms with Gasteiger partial charge in [0.1, 0.15) is 5.15 Å². The van der Waals surface area contributed by atoms with E-state index in [9.17, 15) is 22.8 Å². The molecule has 0 radical (unpaired) electrons. The number of hydrogen-bond acceptors (Lipinski definition) is 6. The van der Waals surface area contributed by atoms with E-state index >= 15 is 0 Å². The number of alkyl halides is 3. The molecule has 27 heavy (non-hydrogen) atoms. The van der Waals surface area contributed by atoms with Crippen molar-refractivity contribution in [3.8, 4) is 11.3 Å². The molecule has 2 aromatic rings. The molecule has 1 aliphatic rings. The Morgan fingerprint density at radius 2 is 2.07 bits per heavy atom. The van der Waals surface area contributed by atoms with Crippen molar-refractivity contribution in [2.24, 2.45) is 5.73 Å². The molecule has 7 nitrogen and oxygen atoms in total. The molecule has 144 valence electrons. The topological polar surface area (TPSA) is 100 Å². The van der Waals surface area contributed by atoms with Crippen molar-refractivity contribution in [3.63, 3.8) is 0 Å². The third kappa shape index (κ3) is 3.81. The van der Waals surface area contributed by atoms with Gasteiger partial charge in [-0.05, 0) is 37.4 Å². The number of carbonyl (C=O) groups is 2. The molecule has 0 atom stereocenters. The third-order valence-corrected chi connectivity index (χ3v) is 4.29. The lowest BCUT2D eigenvalue weighted by Gasteiger charge is -2.15. The van der Waals surface area contributed by atoms with E-state index in [0.717, 1.165) is 5.56 Å². The number of aromatic nitrogens is 3. The number of nitrogens with two attached hydrogens (primary N) is 1. The van der Waals surface area contributed by atoms with Gasteiger partial charge in [-0.1, -0.05) is 11.6 Å². The van der Waals surface area contributed by atoms with Crippen LogP contribution in [0.15, 0.2) is 12.3 Å². The van der Waals surface area contributed by atoms with Crippen molar-refractivity contribution in [1.82, 2.24) is 14.8 Å². The average Bonchev–Trinajstić information content (AvgIpc) is 2.97. The smallest absolute Gasteiger partial charge is 0.381 e. The van der Waals surface area contributed by atoms with Gasteiger partial charge in [0.25, 0.3) is 0 Å². The van der Waals surface area contributed by atoms with Crippen molar-refractivity contribution in [3.05, 3.63) is 34.2 Å². The maximum Gasteiger partial charge on any atom is 0.491 e. The van der Waals surface area contributed by atoms with Gasteiger partial charge in [0.2, 0.25) is 0 Å². The maximum absolute atomic E-state index is 12.4. The lowest BCUT2D eigenvalue weighted by atomic mass is 9.90. The van der Waals surface area contributed by atoms with Gasteiger partial charge in [-0.25, -0.2) is 14.6 Å². The minimum absolute atomic E-state index is 0.183. The monoisotopic (exact) mass is 402 g/mol. The summed E-state index contributed by atoms with van der Waals surface area (Å²) in [5, 5.41) is 4.56. The second kappa shape index (κ2) is 7.28. The van der Waals surface area contributed by atoms with Crippen LogP contribution in [-0.4, -0.2) is 39.4 Å². The summed E-state index contributed by atoms with van der Waals surface area (Å²) in [5.74, 6) is -3.97. The first-order valence-electron chi connectivity index (χ1n) is 8.00. The summed E-state index contributed by atoms with van der Waals surface area (Å²) in [6.45, 7) is 0.467. The molecular weight excluding hydrogens is 389 g/mol. The van der Waals surface area contributed by atoms with Crippen LogP contribution in [0, 0.1) is 0 Å². The van der Waals surface area contributed by atoms with Crippen LogP contribution in [0.2, 0.25) is 5.15 Å². The highest BCUT2D eigenvalue weighted by molar-refractivity contribution is 6.29. The predicted octanol–water partition coefficient (Wildman–Crippen LogP) is 2.29. The molecule has 0 aliphatic heterocycles. The van der Waals surface area contributed by atoms with Crippen molar-refractivity contribution in [2.75, 3.05) is 6.54 Å². The van der Waals surface area contributed by atoms with Crippen molar-refractivity contribution in [1.29, 1.82) is 0 Å². The molecule has 0 amide bonds. The number of aryl methyl sites for hydroxylation is 2. The van der Waals surface area contributed by atoms with Gasteiger partial charge in [0, 0.05) is 23.9 Å². The lowest BCUT2D eigenvalue weighted by Crippen LogP contribution is -2.29. The second-order valence-electron chi connectivity index (χ2n) is 5.88. The zero-order valence-corrected chi connectivity index (χ0v) is 14.6. The van der Waals surface area contributed by atoms with Crippen LogP contribution in [0.5, 0.6) is 0 Å². The average molecular weight is 403 g/mol. The molecule has 2 N–H and O–H groups in total. The number of rotatable bonds is 4.